The van der Waals surface area contributed by atoms with Crippen LogP contribution in [-0.4, -0.2) is 48.5 Å². The molecule has 2 heterocycles. The van der Waals surface area contributed by atoms with Crippen molar-refractivity contribution < 1.29 is 9.90 Å². The molecule has 1 amide bonds. The number of aromatic nitrogens is 3. The maximum Gasteiger partial charge on any atom is 0.233 e. The number of hydrogen-bond donors (Lipinski definition) is 1. The van der Waals surface area contributed by atoms with Crippen LogP contribution in [0.5, 0.6) is 5.75 Å². The van der Waals surface area contributed by atoms with Gasteiger partial charge in [-0.3, -0.25) is 4.79 Å². The van der Waals surface area contributed by atoms with Crippen LogP contribution in [0.25, 0.3) is 22.2 Å². The molecule has 29 heavy (non-hydrogen) atoms. The highest BCUT2D eigenvalue weighted by atomic mass is 32.2. The quantitative estimate of drug-likeness (QED) is 0.652. The molecule has 0 aliphatic carbocycles. The van der Waals surface area contributed by atoms with Crippen molar-refractivity contribution in [1.29, 1.82) is 0 Å². The van der Waals surface area contributed by atoms with Crippen LogP contribution in [-0.2, 0) is 11.8 Å². The first-order valence-corrected chi connectivity index (χ1v) is 11.0. The van der Waals surface area contributed by atoms with Crippen LogP contribution in [0.15, 0.2) is 41.6 Å². The number of nitrogens with zero attached hydrogens (tertiary/aromatic N) is 4. The average Bonchev–Trinajstić information content (AvgIpc) is 3.06. The van der Waals surface area contributed by atoms with E-state index in [-0.39, 0.29) is 23.7 Å². The summed E-state index contributed by atoms with van der Waals surface area (Å²) < 4.78 is 1.84. The molecule has 1 aliphatic rings. The van der Waals surface area contributed by atoms with Crippen LogP contribution in [0.4, 0.5) is 0 Å². The van der Waals surface area contributed by atoms with E-state index in [1.807, 2.05) is 46.8 Å². The molecule has 0 bridgehead atoms. The zero-order valence-electron chi connectivity index (χ0n) is 17.0. The van der Waals surface area contributed by atoms with Crippen molar-refractivity contribution in [3.63, 3.8) is 0 Å². The monoisotopic (exact) mass is 410 g/mol. The smallest absolute Gasteiger partial charge is 0.233 e. The Bertz CT molecular complexity index is 1040. The normalized spacial score (nSPS) is 19.6. The van der Waals surface area contributed by atoms with E-state index in [2.05, 4.69) is 24.0 Å². The summed E-state index contributed by atoms with van der Waals surface area (Å²) in [7, 11) is 1.86. The number of benzene rings is 2. The molecule has 2 atom stereocenters. The van der Waals surface area contributed by atoms with Crippen LogP contribution < -0.4 is 0 Å². The fourth-order valence-electron chi connectivity index (χ4n) is 4.20. The highest BCUT2D eigenvalue weighted by Gasteiger charge is 2.29. The van der Waals surface area contributed by atoms with Gasteiger partial charge < -0.3 is 14.6 Å². The van der Waals surface area contributed by atoms with Gasteiger partial charge >= 0.3 is 0 Å². The lowest BCUT2D eigenvalue weighted by atomic mass is 9.98. The molecule has 0 radical (unpaired) electrons. The van der Waals surface area contributed by atoms with Gasteiger partial charge in [0.15, 0.2) is 11.0 Å². The molecule has 2 unspecified atom stereocenters. The Labute approximate surface area is 174 Å². The van der Waals surface area contributed by atoms with E-state index >= 15 is 0 Å². The van der Waals surface area contributed by atoms with Crippen molar-refractivity contribution in [3.8, 4) is 17.1 Å². The first-order chi connectivity index (χ1) is 14.0. The van der Waals surface area contributed by atoms with Gasteiger partial charge in [-0.15, -0.1) is 10.2 Å². The number of amides is 1. The van der Waals surface area contributed by atoms with Gasteiger partial charge in [0.2, 0.25) is 5.91 Å². The predicted octanol–water partition coefficient (Wildman–Crippen LogP) is 4.22. The SMILES string of the molecule is CC1CCCC(C)N1C(=O)CSc1nnc(-c2cc3ccccc3cc2O)n1C. The van der Waals surface area contributed by atoms with E-state index in [4.69, 9.17) is 0 Å². The van der Waals surface area contributed by atoms with Crippen molar-refractivity contribution in [3.05, 3.63) is 36.4 Å². The molecule has 1 N–H and O–H groups in total. The molecule has 4 rings (SSSR count). The van der Waals surface area contributed by atoms with E-state index in [9.17, 15) is 9.90 Å². The van der Waals surface area contributed by atoms with Crippen LogP contribution in [0.2, 0.25) is 0 Å². The summed E-state index contributed by atoms with van der Waals surface area (Å²) in [6.45, 7) is 4.25. The summed E-state index contributed by atoms with van der Waals surface area (Å²) in [5, 5.41) is 21.7. The first kappa shape index (κ1) is 19.8. The Morgan fingerprint density at radius 3 is 2.48 bits per heavy atom. The van der Waals surface area contributed by atoms with Gasteiger partial charge in [-0.1, -0.05) is 36.0 Å². The van der Waals surface area contributed by atoms with E-state index in [0.717, 1.165) is 23.6 Å². The number of hydrogen-bond acceptors (Lipinski definition) is 5. The number of likely N-dealkylation sites (tertiary alicyclic amines) is 1. The molecular weight excluding hydrogens is 384 g/mol. The zero-order valence-corrected chi connectivity index (χ0v) is 17.8. The third-order valence-electron chi connectivity index (χ3n) is 5.75. The summed E-state index contributed by atoms with van der Waals surface area (Å²) >= 11 is 1.39. The van der Waals surface area contributed by atoms with Crippen LogP contribution >= 0.6 is 11.8 Å². The van der Waals surface area contributed by atoms with E-state index < -0.39 is 0 Å². The minimum Gasteiger partial charge on any atom is -0.507 e. The van der Waals surface area contributed by atoms with Crippen molar-refractivity contribution >= 4 is 28.4 Å². The van der Waals surface area contributed by atoms with E-state index in [0.29, 0.717) is 22.3 Å². The number of piperidine rings is 1. The summed E-state index contributed by atoms with van der Waals surface area (Å²) in [5.41, 5.74) is 0.634. The van der Waals surface area contributed by atoms with Crippen molar-refractivity contribution in [1.82, 2.24) is 19.7 Å². The second-order valence-electron chi connectivity index (χ2n) is 7.80. The third kappa shape index (κ3) is 3.83. The van der Waals surface area contributed by atoms with Gasteiger partial charge in [-0.25, -0.2) is 0 Å². The summed E-state index contributed by atoms with van der Waals surface area (Å²) in [6, 6.07) is 12.1. The number of phenolic OH excluding ortho intramolecular Hbond substituents is 1. The lowest BCUT2D eigenvalue weighted by molar-refractivity contribution is -0.134. The second-order valence-corrected chi connectivity index (χ2v) is 8.74. The molecule has 2 aromatic carbocycles. The molecule has 1 aromatic heterocycles. The number of rotatable bonds is 4. The molecule has 152 valence electrons. The first-order valence-electron chi connectivity index (χ1n) is 10.0. The number of thioether (sulfide) groups is 1. The molecule has 6 nitrogen and oxygen atoms in total. The van der Waals surface area contributed by atoms with E-state index in [1.165, 1.54) is 18.2 Å². The lowest BCUT2D eigenvalue weighted by Gasteiger charge is -2.39. The molecule has 1 aliphatic heterocycles. The van der Waals surface area contributed by atoms with Gasteiger partial charge in [-0.05, 0) is 56.0 Å². The Balaban J connectivity index is 1.53. The third-order valence-corrected chi connectivity index (χ3v) is 6.75. The number of phenols is 1. The van der Waals surface area contributed by atoms with Crippen molar-refractivity contribution in [2.24, 2.45) is 7.05 Å². The fraction of sp³-hybridized carbons (Fsp3) is 0.409. The molecule has 3 aromatic rings. The molecule has 1 saturated heterocycles. The second kappa shape index (κ2) is 8.06. The summed E-state index contributed by atoms with van der Waals surface area (Å²) in [6.07, 6.45) is 3.31. The van der Waals surface area contributed by atoms with Gasteiger partial charge in [0.05, 0.1) is 11.3 Å². The number of carbonyl (C=O) groups excluding carboxylic acids is 1. The average molecular weight is 411 g/mol. The molecule has 0 saturated carbocycles. The molecule has 1 fully saturated rings. The van der Waals surface area contributed by atoms with Gasteiger partial charge in [0.25, 0.3) is 0 Å². The van der Waals surface area contributed by atoms with Crippen LogP contribution in [0, 0.1) is 0 Å². The number of fused-ring (bicyclic) bond motifs is 1. The van der Waals surface area contributed by atoms with Gasteiger partial charge in [0.1, 0.15) is 5.75 Å². The highest BCUT2D eigenvalue weighted by Crippen LogP contribution is 2.33. The van der Waals surface area contributed by atoms with Crippen molar-refractivity contribution in [2.45, 2.75) is 50.4 Å². The predicted molar refractivity (Wildman–Crippen MR) is 116 cm³/mol. The van der Waals surface area contributed by atoms with Crippen LogP contribution in [0.1, 0.15) is 33.1 Å². The Morgan fingerprint density at radius 2 is 1.79 bits per heavy atom. The zero-order chi connectivity index (χ0) is 20.5. The number of carbonyl (C=O) groups is 1. The summed E-state index contributed by atoms with van der Waals surface area (Å²) in [5.74, 6) is 1.24. The molecular formula is C22H26N4O2S. The van der Waals surface area contributed by atoms with Crippen LogP contribution in [0.3, 0.4) is 0 Å². The van der Waals surface area contributed by atoms with Gasteiger partial charge in [0, 0.05) is 19.1 Å². The molecule has 7 heteroatoms. The maximum atomic E-state index is 12.8. The fourth-order valence-corrected chi connectivity index (χ4v) is 4.98. The largest absolute Gasteiger partial charge is 0.507 e. The van der Waals surface area contributed by atoms with Gasteiger partial charge in [-0.2, -0.15) is 0 Å². The summed E-state index contributed by atoms with van der Waals surface area (Å²) in [4.78, 5) is 14.8. The maximum absolute atomic E-state index is 12.8. The Hall–Kier alpha value is -2.54. The highest BCUT2D eigenvalue weighted by molar-refractivity contribution is 7.99. The van der Waals surface area contributed by atoms with Crippen molar-refractivity contribution in [2.75, 3.05) is 5.75 Å². The topological polar surface area (TPSA) is 71.2 Å². The lowest BCUT2D eigenvalue weighted by Crippen LogP contribution is -2.48. The number of aromatic hydroxyl groups is 1. The molecule has 0 spiro atoms. The standard InChI is InChI=1S/C22H26N4O2S/c1-14-7-6-8-15(2)26(14)20(28)13-29-22-24-23-21(25(22)3)18-11-16-9-4-5-10-17(16)12-19(18)27/h4-5,9-12,14-15,27H,6-8,13H2,1-3H3. The minimum atomic E-state index is 0.146. The minimum absolute atomic E-state index is 0.146. The van der Waals surface area contributed by atoms with E-state index in [1.54, 1.807) is 6.07 Å². The Kier molecular flexibility index (Phi) is 5.50. The Morgan fingerprint density at radius 1 is 1.14 bits per heavy atom.